The molecule has 35 heavy (non-hydrogen) atoms. The van der Waals surface area contributed by atoms with Crippen LogP contribution >= 0.6 is 11.3 Å². The number of thiazole rings is 1. The number of hydrogen-bond acceptors (Lipinski definition) is 7. The molecule has 1 aromatic carbocycles. The van der Waals surface area contributed by atoms with Crippen molar-refractivity contribution in [3.05, 3.63) is 35.9 Å². The van der Waals surface area contributed by atoms with Crippen molar-refractivity contribution in [2.75, 3.05) is 6.61 Å². The van der Waals surface area contributed by atoms with Crippen molar-refractivity contribution < 1.29 is 24.5 Å². The summed E-state index contributed by atoms with van der Waals surface area (Å²) in [5, 5.41) is 23.8. The Bertz CT molecular complexity index is 1200. The summed E-state index contributed by atoms with van der Waals surface area (Å²) in [5.41, 5.74) is -0.398. The molecule has 3 saturated carbocycles. The van der Waals surface area contributed by atoms with E-state index in [1.807, 2.05) is 37.3 Å². The first kappa shape index (κ1) is 23.3. The molecule has 2 N–H and O–H groups in total. The largest absolute Gasteiger partial charge is 0.462 e. The van der Waals surface area contributed by atoms with Crippen molar-refractivity contribution in [3.8, 4) is 5.19 Å². The number of fused-ring (bicyclic) bond motifs is 6. The van der Waals surface area contributed by atoms with Crippen molar-refractivity contribution in [2.24, 2.45) is 28.6 Å². The van der Waals surface area contributed by atoms with Crippen LogP contribution in [0.3, 0.4) is 0 Å². The van der Waals surface area contributed by atoms with Crippen molar-refractivity contribution in [1.29, 1.82) is 0 Å². The lowest BCUT2D eigenvalue weighted by Crippen LogP contribution is -2.62. The number of ketones is 2. The third-order valence-electron chi connectivity index (χ3n) is 10.1. The van der Waals surface area contributed by atoms with Gasteiger partial charge in [0.15, 0.2) is 12.4 Å². The molecule has 0 amide bonds. The number of para-hydroxylation sites is 1. The SMILES string of the molecule is CC12CCC(=O)C=C1CCC1C2C(O)CC2(C)C1CC[C@]2(O)C(=O)COc1nc2ccccc2s1. The van der Waals surface area contributed by atoms with E-state index >= 15 is 0 Å². The number of Topliss-reactive ketones (excluding diaryl/α,β-unsaturated/α-hetero) is 1. The van der Waals surface area contributed by atoms with Gasteiger partial charge in [0.2, 0.25) is 5.78 Å². The minimum Gasteiger partial charge on any atom is -0.462 e. The third kappa shape index (κ3) is 3.31. The summed E-state index contributed by atoms with van der Waals surface area (Å²) in [7, 11) is 0. The first-order chi connectivity index (χ1) is 16.7. The fourth-order valence-electron chi connectivity index (χ4n) is 8.31. The summed E-state index contributed by atoms with van der Waals surface area (Å²) >= 11 is 1.39. The molecule has 4 aliphatic carbocycles. The predicted octanol–water partition coefficient (Wildman–Crippen LogP) is 4.48. The summed E-state index contributed by atoms with van der Waals surface area (Å²) in [6.07, 6.45) is 5.81. The number of rotatable bonds is 4. The second kappa shape index (κ2) is 7.95. The van der Waals surface area contributed by atoms with Gasteiger partial charge < -0.3 is 14.9 Å². The van der Waals surface area contributed by atoms with Gasteiger partial charge >= 0.3 is 0 Å². The smallest absolute Gasteiger partial charge is 0.274 e. The third-order valence-corrected chi connectivity index (χ3v) is 11.1. The first-order valence-electron chi connectivity index (χ1n) is 12.8. The number of allylic oxidation sites excluding steroid dienone is 1. The van der Waals surface area contributed by atoms with Crippen molar-refractivity contribution in [3.63, 3.8) is 0 Å². The predicted molar refractivity (Wildman–Crippen MR) is 133 cm³/mol. The number of carbonyl (C=O) groups is 2. The normalized spacial score (nSPS) is 40.6. The van der Waals surface area contributed by atoms with Gasteiger partial charge in [-0.15, -0.1) is 0 Å². The van der Waals surface area contributed by atoms with Gasteiger partial charge in [0.05, 0.1) is 16.3 Å². The van der Waals surface area contributed by atoms with Gasteiger partial charge in [-0.05, 0) is 79.9 Å². The maximum atomic E-state index is 13.5. The molecule has 0 bridgehead atoms. The van der Waals surface area contributed by atoms with E-state index in [4.69, 9.17) is 4.74 Å². The summed E-state index contributed by atoms with van der Waals surface area (Å²) in [5.74, 6) is 0.317. The summed E-state index contributed by atoms with van der Waals surface area (Å²) in [6.45, 7) is 3.99. The Balaban J connectivity index is 1.24. The molecule has 4 aliphatic rings. The highest BCUT2D eigenvalue weighted by Crippen LogP contribution is 2.67. The van der Waals surface area contributed by atoms with Crippen molar-refractivity contribution in [2.45, 2.75) is 70.5 Å². The highest BCUT2D eigenvalue weighted by atomic mass is 32.1. The molecule has 0 saturated heterocycles. The number of hydrogen-bond donors (Lipinski definition) is 2. The molecule has 186 valence electrons. The topological polar surface area (TPSA) is 96.7 Å². The molecule has 1 aromatic heterocycles. The second-order valence-electron chi connectivity index (χ2n) is 11.6. The van der Waals surface area contributed by atoms with E-state index in [9.17, 15) is 19.8 Å². The van der Waals surface area contributed by atoms with E-state index < -0.39 is 17.1 Å². The van der Waals surface area contributed by atoms with Crippen LogP contribution in [0, 0.1) is 28.6 Å². The summed E-state index contributed by atoms with van der Waals surface area (Å²) in [4.78, 5) is 30.0. The Morgan fingerprint density at radius 2 is 2.00 bits per heavy atom. The van der Waals surface area contributed by atoms with Crippen LogP contribution in [-0.4, -0.2) is 45.1 Å². The molecule has 7 heteroatoms. The maximum Gasteiger partial charge on any atom is 0.274 e. The molecule has 2 aromatic rings. The van der Waals surface area contributed by atoms with Crippen LogP contribution in [0.1, 0.15) is 58.8 Å². The van der Waals surface area contributed by atoms with Gasteiger partial charge in [-0.1, -0.05) is 42.9 Å². The zero-order valence-electron chi connectivity index (χ0n) is 20.3. The Morgan fingerprint density at radius 1 is 1.20 bits per heavy atom. The highest BCUT2D eigenvalue weighted by molar-refractivity contribution is 7.20. The number of ether oxygens (including phenoxy) is 1. The Hall–Kier alpha value is -2.09. The Morgan fingerprint density at radius 3 is 2.80 bits per heavy atom. The zero-order valence-corrected chi connectivity index (χ0v) is 21.1. The highest BCUT2D eigenvalue weighted by Gasteiger charge is 2.68. The number of benzene rings is 1. The van der Waals surface area contributed by atoms with E-state index in [0.29, 0.717) is 24.5 Å². The fourth-order valence-corrected chi connectivity index (χ4v) is 9.12. The number of nitrogens with zero attached hydrogens (tertiary/aromatic N) is 1. The van der Waals surface area contributed by atoms with Gasteiger partial charge in [-0.25, -0.2) is 4.98 Å². The van der Waals surface area contributed by atoms with Crippen LogP contribution in [-0.2, 0) is 9.59 Å². The van der Waals surface area contributed by atoms with Crippen molar-refractivity contribution >= 4 is 33.1 Å². The van der Waals surface area contributed by atoms with Crippen LogP contribution in [0.15, 0.2) is 35.9 Å². The molecular formula is C28H33NO5S. The molecule has 0 radical (unpaired) electrons. The number of aromatic nitrogens is 1. The quantitative estimate of drug-likeness (QED) is 0.649. The monoisotopic (exact) mass is 495 g/mol. The van der Waals surface area contributed by atoms with Crippen LogP contribution in [0.2, 0.25) is 0 Å². The minimum absolute atomic E-state index is 0.0603. The van der Waals surface area contributed by atoms with E-state index in [-0.39, 0.29) is 41.3 Å². The van der Waals surface area contributed by atoms with Crippen molar-refractivity contribution in [1.82, 2.24) is 4.98 Å². The number of aliphatic hydroxyl groups is 2. The van der Waals surface area contributed by atoms with Crippen LogP contribution < -0.4 is 4.74 Å². The minimum atomic E-state index is -1.53. The van der Waals surface area contributed by atoms with Gasteiger partial charge in [0, 0.05) is 11.8 Å². The van der Waals surface area contributed by atoms with Gasteiger partial charge in [0.25, 0.3) is 5.19 Å². The molecule has 3 fully saturated rings. The lowest BCUT2D eigenvalue weighted by Gasteiger charge is -2.60. The average Bonchev–Trinajstić information content (AvgIpc) is 3.36. The number of carbonyl (C=O) groups excluding carboxylic acids is 2. The maximum absolute atomic E-state index is 13.5. The zero-order chi connectivity index (χ0) is 24.6. The average molecular weight is 496 g/mol. The fraction of sp³-hybridized carbons (Fsp3) is 0.607. The molecule has 0 spiro atoms. The molecule has 0 aliphatic heterocycles. The Labute approximate surface area is 209 Å². The Kier molecular flexibility index (Phi) is 5.30. The molecule has 6 rings (SSSR count). The second-order valence-corrected chi connectivity index (χ2v) is 12.6. The molecule has 6 nitrogen and oxygen atoms in total. The van der Waals surface area contributed by atoms with E-state index in [0.717, 1.165) is 35.9 Å². The van der Waals surface area contributed by atoms with E-state index in [1.54, 1.807) is 0 Å². The van der Waals surface area contributed by atoms with E-state index in [1.165, 1.54) is 16.9 Å². The molecule has 7 atom stereocenters. The standard InChI is InChI=1S/C28H33NO5S/c1-26-11-9-17(30)13-16(26)7-8-18-19-10-12-28(33,27(19,2)14-21(31)24(18)26)23(32)15-34-25-29-20-5-3-4-6-22(20)35-25/h3-6,13,18-19,21,24,31,33H,7-12,14-15H2,1-2H3/t18?,19?,21?,24?,26?,27?,28-/m0/s1. The van der Waals surface area contributed by atoms with Crippen LogP contribution in [0.25, 0.3) is 10.2 Å². The molecule has 6 unspecified atom stereocenters. The summed E-state index contributed by atoms with van der Waals surface area (Å²) in [6, 6.07) is 7.72. The van der Waals surface area contributed by atoms with Crippen LogP contribution in [0.5, 0.6) is 5.19 Å². The van der Waals surface area contributed by atoms with Gasteiger partial charge in [0.1, 0.15) is 5.60 Å². The lowest BCUT2D eigenvalue weighted by molar-refractivity contribution is -0.181. The molecular weight excluding hydrogens is 462 g/mol. The van der Waals surface area contributed by atoms with Crippen LogP contribution in [0.4, 0.5) is 0 Å². The molecule has 1 heterocycles. The first-order valence-corrected chi connectivity index (χ1v) is 13.6. The van der Waals surface area contributed by atoms with Gasteiger partial charge in [-0.3, -0.25) is 9.59 Å². The summed E-state index contributed by atoms with van der Waals surface area (Å²) < 4.78 is 6.77. The van der Waals surface area contributed by atoms with E-state index in [2.05, 4.69) is 11.9 Å². The number of aliphatic hydroxyl groups excluding tert-OH is 1. The lowest BCUT2D eigenvalue weighted by atomic mass is 9.45. The van der Waals surface area contributed by atoms with Gasteiger partial charge in [-0.2, -0.15) is 0 Å².